The summed E-state index contributed by atoms with van der Waals surface area (Å²) in [6.07, 6.45) is 0.437. The van der Waals surface area contributed by atoms with Gasteiger partial charge in [-0.1, -0.05) is 30.3 Å². The number of amides is 1. The molecule has 1 amide bonds. The molecule has 11 heteroatoms. The molecule has 0 saturated carbocycles. The van der Waals surface area contributed by atoms with E-state index in [0.29, 0.717) is 23.6 Å². The summed E-state index contributed by atoms with van der Waals surface area (Å²) in [5.41, 5.74) is 1.70. The van der Waals surface area contributed by atoms with Crippen LogP contribution in [0.2, 0.25) is 0 Å². The molecule has 1 saturated heterocycles. The lowest BCUT2D eigenvalue weighted by Gasteiger charge is -2.39. The molecule has 5 rings (SSSR count). The smallest absolute Gasteiger partial charge is 0.414 e. The highest BCUT2D eigenvalue weighted by molar-refractivity contribution is 7.89. The zero-order chi connectivity index (χ0) is 27.0. The van der Waals surface area contributed by atoms with Gasteiger partial charge < -0.3 is 14.2 Å². The maximum Gasteiger partial charge on any atom is 0.414 e. The Hall–Kier alpha value is -3.96. The minimum atomic E-state index is -3.95. The molecule has 38 heavy (non-hydrogen) atoms. The van der Waals surface area contributed by atoms with Gasteiger partial charge in [0.15, 0.2) is 11.5 Å². The number of para-hydroxylation sites is 1. The minimum absolute atomic E-state index is 0.0178. The highest BCUT2D eigenvalue weighted by atomic mass is 32.2. The number of piperidine rings is 1. The fraction of sp³-hybridized carbons (Fsp3) is 0.296. The van der Waals surface area contributed by atoms with Crippen molar-refractivity contribution in [2.45, 2.75) is 44.2 Å². The van der Waals surface area contributed by atoms with Crippen LogP contribution >= 0.6 is 0 Å². The average molecular weight is 539 g/mol. The van der Waals surface area contributed by atoms with Crippen LogP contribution in [0.3, 0.4) is 0 Å². The highest BCUT2D eigenvalue weighted by Crippen LogP contribution is 2.38. The number of ether oxygens (including phenoxy) is 3. The van der Waals surface area contributed by atoms with E-state index in [1.54, 1.807) is 17.0 Å². The molecule has 0 aromatic heterocycles. The lowest BCUT2D eigenvalue weighted by molar-refractivity contribution is -0.134. The Kier molecular flexibility index (Phi) is 6.80. The second-order valence-electron chi connectivity index (χ2n) is 9.15. The third kappa shape index (κ3) is 4.82. The number of rotatable bonds is 5. The van der Waals surface area contributed by atoms with Gasteiger partial charge in [-0.15, -0.1) is 0 Å². The predicted molar refractivity (Wildman–Crippen MR) is 137 cm³/mol. The molecule has 2 heterocycles. The molecule has 0 atom stereocenters. The van der Waals surface area contributed by atoms with Crippen molar-refractivity contribution < 1.29 is 37.0 Å². The molecule has 10 nitrogen and oxygen atoms in total. The summed E-state index contributed by atoms with van der Waals surface area (Å²) in [5.74, 6) is -1.28. The van der Waals surface area contributed by atoms with Crippen LogP contribution in [-0.2, 0) is 31.0 Å². The van der Waals surface area contributed by atoms with Crippen LogP contribution in [0.1, 0.15) is 32.3 Å². The van der Waals surface area contributed by atoms with Crippen LogP contribution in [0.15, 0.2) is 59.5 Å². The molecule has 0 bridgehead atoms. The number of benzene rings is 3. The molecule has 3 aromatic rings. The van der Waals surface area contributed by atoms with Crippen molar-refractivity contribution >= 4 is 44.5 Å². The Bertz CT molecular complexity index is 1540. The Morgan fingerprint density at radius 2 is 1.58 bits per heavy atom. The number of hydrogen-bond donors (Lipinski definition) is 0. The van der Waals surface area contributed by atoms with Gasteiger partial charge in [-0.25, -0.2) is 13.2 Å². The summed E-state index contributed by atoms with van der Waals surface area (Å²) in [4.78, 5) is 37.5. The summed E-state index contributed by atoms with van der Waals surface area (Å²) in [6.45, 7) is 3.04. The Labute approximate surface area is 219 Å². The third-order valence-corrected chi connectivity index (χ3v) is 8.57. The van der Waals surface area contributed by atoms with Crippen LogP contribution in [-0.4, -0.2) is 49.9 Å². The maximum atomic E-state index is 13.8. The SMILES string of the molecule is CC(=O)Oc1cc2cccc(S(=O)(=O)N3CCC(N4C(=O)OCc5ccccc54)CC3)c2cc1OC(C)=O. The Morgan fingerprint density at radius 3 is 2.26 bits per heavy atom. The van der Waals surface area contributed by atoms with Gasteiger partial charge in [0.1, 0.15) is 6.61 Å². The topological polar surface area (TPSA) is 120 Å². The van der Waals surface area contributed by atoms with Crippen molar-refractivity contribution in [3.8, 4) is 11.5 Å². The lowest BCUT2D eigenvalue weighted by atomic mass is 10.0. The fourth-order valence-electron chi connectivity index (χ4n) is 4.95. The highest BCUT2D eigenvalue weighted by Gasteiger charge is 2.37. The van der Waals surface area contributed by atoms with Gasteiger partial charge in [-0.3, -0.25) is 14.5 Å². The van der Waals surface area contributed by atoms with Crippen molar-refractivity contribution in [2.75, 3.05) is 18.0 Å². The Morgan fingerprint density at radius 1 is 0.921 bits per heavy atom. The summed E-state index contributed by atoms with van der Waals surface area (Å²) in [7, 11) is -3.95. The minimum Gasteiger partial charge on any atom is -0.444 e. The molecule has 3 aromatic carbocycles. The summed E-state index contributed by atoms with van der Waals surface area (Å²) >= 11 is 0. The molecule has 198 valence electrons. The Balaban J connectivity index is 1.43. The van der Waals surface area contributed by atoms with E-state index in [4.69, 9.17) is 14.2 Å². The second kappa shape index (κ2) is 10.1. The van der Waals surface area contributed by atoms with E-state index in [9.17, 15) is 22.8 Å². The second-order valence-corrected chi connectivity index (χ2v) is 11.1. The van der Waals surface area contributed by atoms with Crippen molar-refractivity contribution in [2.24, 2.45) is 0 Å². The number of anilines is 1. The van der Waals surface area contributed by atoms with Crippen molar-refractivity contribution in [3.63, 3.8) is 0 Å². The fourth-order valence-corrected chi connectivity index (χ4v) is 6.63. The van der Waals surface area contributed by atoms with Gasteiger partial charge in [0.2, 0.25) is 10.0 Å². The van der Waals surface area contributed by atoms with E-state index >= 15 is 0 Å². The predicted octanol–water partition coefficient (Wildman–Crippen LogP) is 4.00. The first kappa shape index (κ1) is 25.7. The molecular formula is C27H26N2O8S. The largest absolute Gasteiger partial charge is 0.444 e. The number of esters is 2. The van der Waals surface area contributed by atoms with E-state index in [1.807, 2.05) is 24.3 Å². The third-order valence-electron chi connectivity index (χ3n) is 6.62. The number of nitrogens with zero attached hydrogens (tertiary/aromatic N) is 2. The van der Waals surface area contributed by atoms with Crippen LogP contribution in [0.4, 0.5) is 10.5 Å². The van der Waals surface area contributed by atoms with Gasteiger partial charge in [-0.05, 0) is 42.5 Å². The van der Waals surface area contributed by atoms with Crippen LogP contribution in [0.25, 0.3) is 10.8 Å². The number of cyclic esters (lactones) is 1. The monoisotopic (exact) mass is 538 g/mol. The van der Waals surface area contributed by atoms with Gasteiger partial charge in [0, 0.05) is 43.9 Å². The average Bonchev–Trinajstić information content (AvgIpc) is 2.88. The normalized spacial score (nSPS) is 16.6. The lowest BCUT2D eigenvalue weighted by Crippen LogP contribution is -2.50. The standard InChI is InChI=1S/C27H26N2O8S/c1-17(30)36-24-14-19-7-5-9-26(22(19)15-25(24)37-18(2)31)38(33,34)28-12-10-21(11-13-28)29-23-8-4-3-6-20(23)16-35-27(29)32/h3-9,14-15,21H,10-13,16H2,1-2H3. The van der Waals surface area contributed by atoms with Gasteiger partial charge in [0.05, 0.1) is 10.6 Å². The van der Waals surface area contributed by atoms with Crippen molar-refractivity contribution in [1.29, 1.82) is 0 Å². The van der Waals surface area contributed by atoms with Gasteiger partial charge in [0.25, 0.3) is 0 Å². The zero-order valence-electron chi connectivity index (χ0n) is 20.9. The van der Waals surface area contributed by atoms with E-state index in [-0.39, 0.29) is 42.1 Å². The van der Waals surface area contributed by atoms with Gasteiger partial charge >= 0.3 is 18.0 Å². The van der Waals surface area contributed by atoms with E-state index < -0.39 is 28.1 Å². The number of carbonyl (C=O) groups is 3. The first-order valence-corrected chi connectivity index (χ1v) is 13.6. The first-order valence-electron chi connectivity index (χ1n) is 12.1. The van der Waals surface area contributed by atoms with Gasteiger partial charge in [-0.2, -0.15) is 4.31 Å². The quantitative estimate of drug-likeness (QED) is 0.353. The molecule has 0 unspecified atom stereocenters. The molecule has 1 fully saturated rings. The maximum absolute atomic E-state index is 13.8. The summed E-state index contributed by atoms with van der Waals surface area (Å²) < 4.78 is 44.7. The van der Waals surface area contributed by atoms with Crippen LogP contribution in [0.5, 0.6) is 11.5 Å². The van der Waals surface area contributed by atoms with E-state index in [1.165, 1.54) is 36.4 Å². The first-order chi connectivity index (χ1) is 18.1. The molecule has 2 aliphatic heterocycles. The molecule has 0 spiro atoms. The number of carbonyl (C=O) groups excluding carboxylic acids is 3. The number of hydrogen-bond acceptors (Lipinski definition) is 8. The number of sulfonamides is 1. The molecule has 2 aliphatic rings. The molecule has 0 aliphatic carbocycles. The van der Waals surface area contributed by atoms with Crippen LogP contribution < -0.4 is 14.4 Å². The number of fused-ring (bicyclic) bond motifs is 2. The summed E-state index contributed by atoms with van der Waals surface area (Å²) in [6, 6.07) is 15.0. The van der Waals surface area contributed by atoms with E-state index in [0.717, 1.165) is 11.3 Å². The van der Waals surface area contributed by atoms with Crippen molar-refractivity contribution in [3.05, 3.63) is 60.2 Å². The van der Waals surface area contributed by atoms with Crippen LogP contribution in [0, 0.1) is 0 Å². The molecule has 0 N–H and O–H groups in total. The zero-order valence-corrected chi connectivity index (χ0v) is 21.7. The van der Waals surface area contributed by atoms with E-state index in [2.05, 4.69) is 0 Å². The molecule has 0 radical (unpaired) electrons. The summed E-state index contributed by atoms with van der Waals surface area (Å²) in [5, 5.41) is 0.830. The molecular weight excluding hydrogens is 512 g/mol. The van der Waals surface area contributed by atoms with Crippen molar-refractivity contribution in [1.82, 2.24) is 4.31 Å².